The van der Waals surface area contributed by atoms with Gasteiger partial charge < -0.3 is 10.1 Å². The summed E-state index contributed by atoms with van der Waals surface area (Å²) in [6.45, 7) is 1.67. The molecule has 1 aromatic rings. The molecule has 1 N–H and O–H groups in total. The Morgan fingerprint density at radius 3 is 2.67 bits per heavy atom. The number of amides is 1. The Morgan fingerprint density at radius 2 is 2.08 bits per heavy atom. The van der Waals surface area contributed by atoms with Crippen LogP contribution in [0.4, 0.5) is 0 Å². The minimum Gasteiger partial charge on any atom is -0.473 e. The standard InChI is InChI=1S/C9H11NO2/c1-8(11)10-7-12-9-5-3-2-4-6-9/h2-6H,7H2,1H3,(H,10,11). The van der Waals surface area contributed by atoms with Crippen LogP contribution in [0.5, 0.6) is 5.75 Å². The highest BCUT2D eigenvalue weighted by atomic mass is 16.5. The first-order valence-electron chi connectivity index (χ1n) is 3.71. The number of carbonyl (C=O) groups excluding carboxylic acids is 1. The van der Waals surface area contributed by atoms with Crippen molar-refractivity contribution in [1.82, 2.24) is 5.32 Å². The summed E-state index contributed by atoms with van der Waals surface area (Å²) < 4.78 is 5.18. The molecule has 0 aliphatic carbocycles. The maximum absolute atomic E-state index is 10.4. The number of benzene rings is 1. The molecule has 0 atom stereocenters. The van der Waals surface area contributed by atoms with E-state index in [1.165, 1.54) is 6.92 Å². The van der Waals surface area contributed by atoms with Crippen molar-refractivity contribution in [2.45, 2.75) is 6.92 Å². The van der Waals surface area contributed by atoms with Crippen LogP contribution < -0.4 is 10.1 Å². The van der Waals surface area contributed by atoms with Crippen LogP contribution >= 0.6 is 0 Å². The van der Waals surface area contributed by atoms with E-state index in [4.69, 9.17) is 4.74 Å². The van der Waals surface area contributed by atoms with E-state index in [0.29, 0.717) is 0 Å². The van der Waals surface area contributed by atoms with Crippen molar-refractivity contribution in [3.8, 4) is 5.75 Å². The molecule has 1 amide bonds. The van der Waals surface area contributed by atoms with Gasteiger partial charge in [0.05, 0.1) is 0 Å². The molecule has 1 aromatic carbocycles. The largest absolute Gasteiger partial charge is 0.473 e. The SMILES string of the molecule is CC(=O)NCOc1ccccc1. The van der Waals surface area contributed by atoms with Crippen molar-refractivity contribution in [3.63, 3.8) is 0 Å². The Balaban J connectivity index is 2.29. The molecular weight excluding hydrogens is 154 g/mol. The van der Waals surface area contributed by atoms with E-state index in [9.17, 15) is 4.79 Å². The summed E-state index contributed by atoms with van der Waals surface area (Å²) in [5.41, 5.74) is 0. The third-order valence-electron chi connectivity index (χ3n) is 1.30. The Hall–Kier alpha value is -1.51. The maximum atomic E-state index is 10.4. The van der Waals surface area contributed by atoms with Crippen LogP contribution in [0.2, 0.25) is 0 Å². The molecule has 3 nitrogen and oxygen atoms in total. The van der Waals surface area contributed by atoms with Gasteiger partial charge in [-0.1, -0.05) is 18.2 Å². The molecule has 0 unspecified atom stereocenters. The summed E-state index contributed by atoms with van der Waals surface area (Å²) >= 11 is 0. The quantitative estimate of drug-likeness (QED) is 0.682. The Bertz CT molecular complexity index is 246. The van der Waals surface area contributed by atoms with Gasteiger partial charge in [-0.25, -0.2) is 0 Å². The van der Waals surface area contributed by atoms with Crippen molar-refractivity contribution in [3.05, 3.63) is 30.3 Å². The Morgan fingerprint density at radius 1 is 1.42 bits per heavy atom. The van der Waals surface area contributed by atoms with Crippen molar-refractivity contribution < 1.29 is 9.53 Å². The van der Waals surface area contributed by atoms with E-state index >= 15 is 0 Å². The second kappa shape index (κ2) is 4.38. The predicted octanol–water partition coefficient (Wildman–Crippen LogP) is 1.16. The molecule has 12 heavy (non-hydrogen) atoms. The average molecular weight is 165 g/mol. The third-order valence-corrected chi connectivity index (χ3v) is 1.30. The van der Waals surface area contributed by atoms with Crippen LogP contribution in [-0.4, -0.2) is 12.6 Å². The average Bonchev–Trinajstić information content (AvgIpc) is 2.05. The number of nitrogens with one attached hydrogen (secondary N) is 1. The molecule has 3 heteroatoms. The van der Waals surface area contributed by atoms with Gasteiger partial charge in [0.1, 0.15) is 5.75 Å². The highest BCUT2D eigenvalue weighted by Crippen LogP contribution is 2.06. The lowest BCUT2D eigenvalue weighted by molar-refractivity contribution is -0.119. The molecular formula is C9H11NO2. The van der Waals surface area contributed by atoms with Crippen LogP contribution in [-0.2, 0) is 4.79 Å². The zero-order chi connectivity index (χ0) is 8.81. The van der Waals surface area contributed by atoms with E-state index in [-0.39, 0.29) is 12.6 Å². The Kier molecular flexibility index (Phi) is 3.14. The van der Waals surface area contributed by atoms with E-state index < -0.39 is 0 Å². The van der Waals surface area contributed by atoms with Crippen LogP contribution in [0.1, 0.15) is 6.92 Å². The first-order chi connectivity index (χ1) is 5.79. The number of hydrogen-bond acceptors (Lipinski definition) is 2. The molecule has 0 aliphatic rings. The highest BCUT2D eigenvalue weighted by Gasteiger charge is 1.91. The second-order valence-corrected chi connectivity index (χ2v) is 2.33. The molecule has 64 valence electrons. The highest BCUT2D eigenvalue weighted by molar-refractivity contribution is 5.72. The van der Waals surface area contributed by atoms with E-state index in [0.717, 1.165) is 5.75 Å². The second-order valence-electron chi connectivity index (χ2n) is 2.33. The topological polar surface area (TPSA) is 38.3 Å². The zero-order valence-corrected chi connectivity index (χ0v) is 6.91. The predicted molar refractivity (Wildman–Crippen MR) is 45.8 cm³/mol. The van der Waals surface area contributed by atoms with E-state index in [2.05, 4.69) is 5.32 Å². The molecule has 0 heterocycles. The molecule has 0 saturated heterocycles. The lowest BCUT2D eigenvalue weighted by Crippen LogP contribution is -2.24. The molecule has 0 aliphatic heterocycles. The number of para-hydroxylation sites is 1. The van der Waals surface area contributed by atoms with Crippen LogP contribution in [0, 0.1) is 0 Å². The van der Waals surface area contributed by atoms with Crippen molar-refractivity contribution in [2.24, 2.45) is 0 Å². The molecule has 0 radical (unpaired) electrons. The fraction of sp³-hybridized carbons (Fsp3) is 0.222. The molecule has 0 spiro atoms. The van der Waals surface area contributed by atoms with E-state index in [1.807, 2.05) is 30.3 Å². The molecule has 0 aromatic heterocycles. The lowest BCUT2D eigenvalue weighted by Gasteiger charge is -2.04. The minimum absolute atomic E-state index is 0.0917. The molecule has 0 fully saturated rings. The first-order valence-corrected chi connectivity index (χ1v) is 3.71. The van der Waals surface area contributed by atoms with Gasteiger partial charge in [-0.05, 0) is 12.1 Å². The summed E-state index contributed by atoms with van der Waals surface area (Å²) in [5, 5.41) is 2.53. The summed E-state index contributed by atoms with van der Waals surface area (Å²) in [6, 6.07) is 9.33. The van der Waals surface area contributed by atoms with Gasteiger partial charge in [0.15, 0.2) is 6.73 Å². The zero-order valence-electron chi connectivity index (χ0n) is 6.91. The van der Waals surface area contributed by atoms with Crippen LogP contribution in [0.15, 0.2) is 30.3 Å². The van der Waals surface area contributed by atoms with E-state index in [1.54, 1.807) is 0 Å². The van der Waals surface area contributed by atoms with Crippen molar-refractivity contribution in [2.75, 3.05) is 6.73 Å². The smallest absolute Gasteiger partial charge is 0.219 e. The Labute approximate surface area is 71.4 Å². The number of rotatable bonds is 3. The van der Waals surface area contributed by atoms with Gasteiger partial charge in [0.2, 0.25) is 5.91 Å². The number of ether oxygens (including phenoxy) is 1. The van der Waals surface area contributed by atoms with Gasteiger partial charge in [-0.2, -0.15) is 0 Å². The molecule has 0 saturated carbocycles. The van der Waals surface area contributed by atoms with Crippen molar-refractivity contribution >= 4 is 5.91 Å². The fourth-order valence-corrected chi connectivity index (χ4v) is 0.738. The van der Waals surface area contributed by atoms with Crippen molar-refractivity contribution in [1.29, 1.82) is 0 Å². The molecule has 1 rings (SSSR count). The number of carbonyl (C=O) groups is 1. The first kappa shape index (κ1) is 8.59. The summed E-state index contributed by atoms with van der Waals surface area (Å²) in [7, 11) is 0. The lowest BCUT2D eigenvalue weighted by atomic mass is 10.3. The van der Waals surface area contributed by atoms with Crippen LogP contribution in [0.3, 0.4) is 0 Å². The summed E-state index contributed by atoms with van der Waals surface area (Å²) in [5.74, 6) is 0.664. The molecule has 0 bridgehead atoms. The van der Waals surface area contributed by atoms with Gasteiger partial charge in [0, 0.05) is 6.92 Å². The fourth-order valence-electron chi connectivity index (χ4n) is 0.738. The van der Waals surface area contributed by atoms with Gasteiger partial charge in [-0.15, -0.1) is 0 Å². The normalized spacial score (nSPS) is 9.08. The third kappa shape index (κ3) is 3.05. The summed E-state index contributed by atoms with van der Waals surface area (Å²) in [6.07, 6.45) is 0. The van der Waals surface area contributed by atoms with Gasteiger partial charge >= 0.3 is 0 Å². The monoisotopic (exact) mass is 165 g/mol. The number of hydrogen-bond donors (Lipinski definition) is 1. The maximum Gasteiger partial charge on any atom is 0.219 e. The van der Waals surface area contributed by atoms with Crippen LogP contribution in [0.25, 0.3) is 0 Å². The summed E-state index contributed by atoms with van der Waals surface area (Å²) in [4.78, 5) is 10.4. The van der Waals surface area contributed by atoms with Gasteiger partial charge in [-0.3, -0.25) is 4.79 Å². The van der Waals surface area contributed by atoms with Gasteiger partial charge in [0.25, 0.3) is 0 Å². The minimum atomic E-state index is -0.0917.